The van der Waals surface area contributed by atoms with Crippen LogP contribution in [-0.4, -0.2) is 26.4 Å². The van der Waals surface area contributed by atoms with E-state index in [-0.39, 0.29) is 11.7 Å². The number of thiophene rings is 1. The zero-order chi connectivity index (χ0) is 20.1. The molecule has 4 rings (SSSR count). The Kier molecular flexibility index (Phi) is 6.07. The summed E-state index contributed by atoms with van der Waals surface area (Å²) in [5.41, 5.74) is 3.12. The molecule has 0 saturated heterocycles. The van der Waals surface area contributed by atoms with Crippen LogP contribution in [0.5, 0.6) is 0 Å². The number of benzene rings is 2. The highest BCUT2D eigenvalue weighted by molar-refractivity contribution is 7.99. The summed E-state index contributed by atoms with van der Waals surface area (Å²) in [5.74, 6) is 1.02. The van der Waals surface area contributed by atoms with Gasteiger partial charge in [0.05, 0.1) is 12.3 Å². The number of carbonyl (C=O) groups is 1. The Bertz CT molecular complexity index is 1090. The molecule has 5 nitrogen and oxygen atoms in total. The maximum absolute atomic E-state index is 12.3. The van der Waals surface area contributed by atoms with Gasteiger partial charge in [0.25, 0.3) is 0 Å². The molecular weight excluding hydrogens is 400 g/mol. The lowest BCUT2D eigenvalue weighted by atomic mass is 10.2. The molecule has 0 spiro atoms. The van der Waals surface area contributed by atoms with Crippen molar-refractivity contribution >= 4 is 29.0 Å². The number of amides is 1. The highest BCUT2D eigenvalue weighted by atomic mass is 32.2. The predicted octanol–water partition coefficient (Wildman–Crippen LogP) is 4.71. The van der Waals surface area contributed by atoms with Crippen molar-refractivity contribution in [2.75, 3.05) is 5.75 Å². The summed E-state index contributed by atoms with van der Waals surface area (Å²) in [6, 6.07) is 22.2. The summed E-state index contributed by atoms with van der Waals surface area (Å²) in [5, 5.41) is 14.5. The molecule has 0 bridgehead atoms. The Labute approximate surface area is 177 Å². The Morgan fingerprint density at radius 2 is 1.93 bits per heavy atom. The third-order valence-corrected chi connectivity index (χ3v) is 6.10. The highest BCUT2D eigenvalue weighted by Crippen LogP contribution is 2.28. The van der Waals surface area contributed by atoms with Gasteiger partial charge in [-0.25, -0.2) is 0 Å². The van der Waals surface area contributed by atoms with Crippen molar-refractivity contribution in [3.8, 4) is 17.1 Å². The Morgan fingerprint density at radius 3 is 2.69 bits per heavy atom. The molecule has 0 unspecified atom stereocenters. The second-order valence-electron chi connectivity index (χ2n) is 6.49. The number of hydrogen-bond donors (Lipinski definition) is 1. The molecule has 0 atom stereocenters. The minimum Gasteiger partial charge on any atom is -0.350 e. The zero-order valence-corrected chi connectivity index (χ0v) is 17.5. The molecule has 146 valence electrons. The SMILES string of the molecule is Cc1cccc(-n2c(SCC(=O)NCc3cccs3)nnc2-c2ccccc2)c1. The van der Waals surface area contributed by atoms with E-state index in [1.807, 2.05) is 64.5 Å². The lowest BCUT2D eigenvalue weighted by molar-refractivity contribution is -0.118. The van der Waals surface area contributed by atoms with Crippen LogP contribution < -0.4 is 5.32 Å². The number of hydrogen-bond acceptors (Lipinski definition) is 5. The Morgan fingerprint density at radius 1 is 1.07 bits per heavy atom. The molecule has 4 aromatic rings. The molecule has 2 aromatic heterocycles. The number of carbonyl (C=O) groups excluding carboxylic acids is 1. The fourth-order valence-corrected chi connectivity index (χ4v) is 4.34. The van der Waals surface area contributed by atoms with Crippen molar-refractivity contribution in [2.24, 2.45) is 0 Å². The fraction of sp³-hybridized carbons (Fsp3) is 0.136. The number of aromatic nitrogens is 3. The van der Waals surface area contributed by atoms with E-state index < -0.39 is 0 Å². The minimum atomic E-state index is -0.0246. The largest absolute Gasteiger partial charge is 0.350 e. The van der Waals surface area contributed by atoms with Gasteiger partial charge in [-0.1, -0.05) is 60.3 Å². The van der Waals surface area contributed by atoms with Crippen LogP contribution in [0.4, 0.5) is 0 Å². The van der Waals surface area contributed by atoms with Gasteiger partial charge in [0.15, 0.2) is 11.0 Å². The molecule has 0 radical (unpaired) electrons. The molecule has 1 N–H and O–H groups in total. The molecular formula is C22H20N4OS2. The van der Waals surface area contributed by atoms with Crippen LogP contribution in [0.25, 0.3) is 17.1 Å². The molecule has 2 heterocycles. The third-order valence-electron chi connectivity index (χ3n) is 4.30. The van der Waals surface area contributed by atoms with Crippen molar-refractivity contribution in [2.45, 2.75) is 18.6 Å². The van der Waals surface area contributed by atoms with E-state index in [4.69, 9.17) is 0 Å². The van der Waals surface area contributed by atoms with Gasteiger partial charge in [-0.3, -0.25) is 9.36 Å². The van der Waals surface area contributed by atoms with Crippen molar-refractivity contribution in [3.63, 3.8) is 0 Å². The molecule has 7 heteroatoms. The van der Waals surface area contributed by atoms with Gasteiger partial charge in [-0.2, -0.15) is 0 Å². The van der Waals surface area contributed by atoms with Crippen LogP contribution >= 0.6 is 23.1 Å². The fourth-order valence-electron chi connectivity index (χ4n) is 2.92. The molecule has 0 saturated carbocycles. The van der Waals surface area contributed by atoms with Crippen LogP contribution in [0, 0.1) is 6.92 Å². The summed E-state index contributed by atoms with van der Waals surface area (Å²) < 4.78 is 2.01. The second-order valence-corrected chi connectivity index (χ2v) is 8.47. The predicted molar refractivity (Wildman–Crippen MR) is 118 cm³/mol. The quantitative estimate of drug-likeness (QED) is 0.440. The number of nitrogens with one attached hydrogen (secondary N) is 1. The van der Waals surface area contributed by atoms with Crippen molar-refractivity contribution in [1.82, 2.24) is 20.1 Å². The first-order valence-electron chi connectivity index (χ1n) is 9.20. The third kappa shape index (κ3) is 4.75. The normalized spacial score (nSPS) is 10.8. The van der Waals surface area contributed by atoms with E-state index in [1.165, 1.54) is 11.8 Å². The van der Waals surface area contributed by atoms with Gasteiger partial charge in [-0.15, -0.1) is 21.5 Å². The maximum Gasteiger partial charge on any atom is 0.230 e. The molecule has 0 aliphatic carbocycles. The first-order valence-corrected chi connectivity index (χ1v) is 11.1. The van der Waals surface area contributed by atoms with Crippen LogP contribution in [0.1, 0.15) is 10.4 Å². The van der Waals surface area contributed by atoms with E-state index in [0.717, 1.165) is 27.5 Å². The molecule has 0 aliphatic heterocycles. The molecule has 0 aliphatic rings. The van der Waals surface area contributed by atoms with E-state index in [2.05, 4.69) is 34.6 Å². The number of aryl methyl sites for hydroxylation is 1. The standard InChI is InChI=1S/C22H20N4OS2/c1-16-7-5-10-18(13-16)26-21(17-8-3-2-4-9-17)24-25-22(26)29-15-20(27)23-14-19-11-6-12-28-19/h2-13H,14-15H2,1H3,(H,23,27). The number of nitrogens with zero attached hydrogens (tertiary/aromatic N) is 3. The van der Waals surface area contributed by atoms with Gasteiger partial charge >= 0.3 is 0 Å². The average molecular weight is 421 g/mol. The molecule has 2 aromatic carbocycles. The van der Waals surface area contributed by atoms with Crippen molar-refractivity contribution < 1.29 is 4.79 Å². The van der Waals surface area contributed by atoms with Crippen LogP contribution in [0.3, 0.4) is 0 Å². The summed E-state index contributed by atoms with van der Waals surface area (Å²) in [4.78, 5) is 13.4. The summed E-state index contributed by atoms with van der Waals surface area (Å²) in [6.45, 7) is 2.61. The van der Waals surface area contributed by atoms with Crippen LogP contribution in [0.2, 0.25) is 0 Å². The van der Waals surface area contributed by atoms with Crippen molar-refractivity contribution in [1.29, 1.82) is 0 Å². The highest BCUT2D eigenvalue weighted by Gasteiger charge is 2.17. The number of thioether (sulfide) groups is 1. The second kappa shape index (κ2) is 9.07. The minimum absolute atomic E-state index is 0.0246. The lowest BCUT2D eigenvalue weighted by Crippen LogP contribution is -2.24. The van der Waals surface area contributed by atoms with Crippen LogP contribution in [0.15, 0.2) is 77.3 Å². The van der Waals surface area contributed by atoms with E-state index in [1.54, 1.807) is 11.3 Å². The summed E-state index contributed by atoms with van der Waals surface area (Å²) in [6.07, 6.45) is 0. The van der Waals surface area contributed by atoms with Crippen molar-refractivity contribution in [3.05, 3.63) is 82.6 Å². The monoisotopic (exact) mass is 420 g/mol. The molecule has 29 heavy (non-hydrogen) atoms. The average Bonchev–Trinajstić information content (AvgIpc) is 3.41. The Balaban J connectivity index is 1.56. The van der Waals surface area contributed by atoms with Gasteiger partial charge in [0, 0.05) is 16.1 Å². The number of rotatable bonds is 7. The van der Waals surface area contributed by atoms with Gasteiger partial charge < -0.3 is 5.32 Å². The van der Waals surface area contributed by atoms with E-state index >= 15 is 0 Å². The summed E-state index contributed by atoms with van der Waals surface area (Å²) in [7, 11) is 0. The van der Waals surface area contributed by atoms with Gasteiger partial charge in [-0.05, 0) is 36.1 Å². The van der Waals surface area contributed by atoms with E-state index in [0.29, 0.717) is 11.7 Å². The molecule has 0 fully saturated rings. The molecule has 1 amide bonds. The van der Waals surface area contributed by atoms with Crippen LogP contribution in [-0.2, 0) is 11.3 Å². The first-order chi connectivity index (χ1) is 14.2. The first kappa shape index (κ1) is 19.4. The zero-order valence-electron chi connectivity index (χ0n) is 15.9. The van der Waals surface area contributed by atoms with Gasteiger partial charge in [0.2, 0.25) is 5.91 Å². The lowest BCUT2D eigenvalue weighted by Gasteiger charge is -2.11. The Hall–Kier alpha value is -2.90. The van der Waals surface area contributed by atoms with Gasteiger partial charge in [0.1, 0.15) is 0 Å². The summed E-state index contributed by atoms with van der Waals surface area (Å²) >= 11 is 3.02. The smallest absolute Gasteiger partial charge is 0.230 e. The maximum atomic E-state index is 12.3. The topological polar surface area (TPSA) is 59.8 Å². The van der Waals surface area contributed by atoms with E-state index in [9.17, 15) is 4.79 Å².